The van der Waals surface area contributed by atoms with Gasteiger partial charge in [0.2, 0.25) is 0 Å². The minimum Gasteiger partial charge on any atom is -0.411 e. The van der Waals surface area contributed by atoms with E-state index in [2.05, 4.69) is 5.16 Å². The third-order valence-electron chi connectivity index (χ3n) is 0.592. The standard InChI is InChI=1S/C5H7NO2/c1-5(2-3-7)4-6-8/h2-4,8H,1H3. The van der Waals surface area contributed by atoms with Gasteiger partial charge in [0, 0.05) is 0 Å². The summed E-state index contributed by atoms with van der Waals surface area (Å²) in [7, 11) is 0. The van der Waals surface area contributed by atoms with Crippen LogP contribution in [0, 0.1) is 0 Å². The Morgan fingerprint density at radius 3 is 2.75 bits per heavy atom. The van der Waals surface area contributed by atoms with E-state index in [9.17, 15) is 4.79 Å². The van der Waals surface area contributed by atoms with Crippen molar-refractivity contribution < 1.29 is 10.0 Å². The molecule has 3 heteroatoms. The Morgan fingerprint density at radius 2 is 2.38 bits per heavy atom. The van der Waals surface area contributed by atoms with Crippen LogP contribution in [-0.2, 0) is 4.79 Å². The summed E-state index contributed by atoms with van der Waals surface area (Å²) >= 11 is 0. The highest BCUT2D eigenvalue weighted by Crippen LogP contribution is 1.81. The van der Waals surface area contributed by atoms with E-state index in [4.69, 9.17) is 5.21 Å². The highest BCUT2D eigenvalue weighted by Gasteiger charge is 1.76. The molecule has 0 rings (SSSR count). The molecule has 44 valence electrons. The lowest BCUT2D eigenvalue weighted by molar-refractivity contribution is -0.104. The second-order valence-electron chi connectivity index (χ2n) is 1.29. The van der Waals surface area contributed by atoms with Crippen LogP contribution in [0.5, 0.6) is 0 Å². The fourth-order valence-corrected chi connectivity index (χ4v) is 0.241. The number of carbonyl (C=O) groups excluding carboxylic acids is 1. The Bertz CT molecular complexity index is 126. The molecule has 0 fully saturated rings. The molecule has 0 unspecified atom stereocenters. The Hall–Kier alpha value is -1.12. The number of carbonyl (C=O) groups is 1. The van der Waals surface area contributed by atoms with Gasteiger partial charge in [0.25, 0.3) is 0 Å². The van der Waals surface area contributed by atoms with E-state index in [1.54, 1.807) is 6.92 Å². The molecule has 0 aromatic carbocycles. The van der Waals surface area contributed by atoms with Gasteiger partial charge in [-0.05, 0) is 18.6 Å². The number of rotatable bonds is 2. The van der Waals surface area contributed by atoms with Crippen LogP contribution >= 0.6 is 0 Å². The first-order valence-electron chi connectivity index (χ1n) is 2.10. The Morgan fingerprint density at radius 1 is 1.75 bits per heavy atom. The predicted molar refractivity (Wildman–Crippen MR) is 30.1 cm³/mol. The number of allylic oxidation sites excluding steroid dienone is 2. The number of oxime groups is 1. The summed E-state index contributed by atoms with van der Waals surface area (Å²) < 4.78 is 0. The molecule has 0 aromatic heterocycles. The van der Waals surface area contributed by atoms with Crippen LogP contribution in [-0.4, -0.2) is 17.7 Å². The molecule has 0 radical (unpaired) electrons. The molecule has 0 aromatic rings. The molecule has 0 aliphatic heterocycles. The van der Waals surface area contributed by atoms with Crippen LogP contribution in [0.1, 0.15) is 6.92 Å². The van der Waals surface area contributed by atoms with E-state index in [0.717, 1.165) is 0 Å². The first-order valence-corrected chi connectivity index (χ1v) is 2.10. The van der Waals surface area contributed by atoms with Crippen molar-refractivity contribution in [2.45, 2.75) is 6.92 Å². The smallest absolute Gasteiger partial charge is 0.143 e. The normalized spacial score (nSPS) is 12.4. The van der Waals surface area contributed by atoms with Crippen LogP contribution in [0.25, 0.3) is 0 Å². The first-order chi connectivity index (χ1) is 3.81. The maximum Gasteiger partial charge on any atom is 0.143 e. The molecule has 1 N–H and O–H groups in total. The van der Waals surface area contributed by atoms with Crippen molar-refractivity contribution in [2.24, 2.45) is 5.16 Å². The summed E-state index contributed by atoms with van der Waals surface area (Å²) in [5.74, 6) is 0. The quantitative estimate of drug-likeness (QED) is 0.187. The average Bonchev–Trinajstić information content (AvgIpc) is 1.68. The lowest BCUT2D eigenvalue weighted by Crippen LogP contribution is -1.76. The zero-order chi connectivity index (χ0) is 6.41. The molecule has 0 bridgehead atoms. The zero-order valence-corrected chi connectivity index (χ0v) is 4.53. The molecule has 0 saturated carbocycles. The van der Waals surface area contributed by atoms with E-state index in [1.165, 1.54) is 12.3 Å². The summed E-state index contributed by atoms with van der Waals surface area (Å²) in [4.78, 5) is 9.67. The number of nitrogens with zero attached hydrogens (tertiary/aromatic N) is 1. The highest BCUT2D eigenvalue weighted by molar-refractivity contribution is 5.83. The van der Waals surface area contributed by atoms with Gasteiger partial charge in [-0.25, -0.2) is 0 Å². The predicted octanol–water partition coefficient (Wildman–Crippen LogP) is 0.592. The maximum absolute atomic E-state index is 9.67. The van der Waals surface area contributed by atoms with Gasteiger partial charge < -0.3 is 5.21 Å². The summed E-state index contributed by atoms with van der Waals surface area (Å²) in [6, 6.07) is 0. The first kappa shape index (κ1) is 6.88. The van der Waals surface area contributed by atoms with Crippen LogP contribution in [0.15, 0.2) is 16.8 Å². The third kappa shape index (κ3) is 3.08. The third-order valence-corrected chi connectivity index (χ3v) is 0.592. The second kappa shape index (κ2) is 4.05. The van der Waals surface area contributed by atoms with Gasteiger partial charge in [0.15, 0.2) is 0 Å². The molecule has 0 aliphatic carbocycles. The second-order valence-corrected chi connectivity index (χ2v) is 1.29. The fourth-order valence-electron chi connectivity index (χ4n) is 0.241. The highest BCUT2D eigenvalue weighted by atomic mass is 16.4. The molecular formula is C5H7NO2. The van der Waals surface area contributed by atoms with Gasteiger partial charge in [-0.15, -0.1) is 0 Å². The van der Waals surface area contributed by atoms with Gasteiger partial charge in [-0.3, -0.25) is 4.79 Å². The Balaban J connectivity index is 3.79. The topological polar surface area (TPSA) is 49.7 Å². The SMILES string of the molecule is CC(C=NO)=CC=O. The summed E-state index contributed by atoms with van der Waals surface area (Å²) in [5, 5.41) is 10.6. The van der Waals surface area contributed by atoms with Crippen molar-refractivity contribution in [1.29, 1.82) is 0 Å². The van der Waals surface area contributed by atoms with E-state index >= 15 is 0 Å². The largest absolute Gasteiger partial charge is 0.411 e. The molecule has 0 heterocycles. The molecule has 0 saturated heterocycles. The van der Waals surface area contributed by atoms with Crippen molar-refractivity contribution in [3.63, 3.8) is 0 Å². The Kier molecular flexibility index (Phi) is 3.48. The minimum atomic E-state index is 0.627. The van der Waals surface area contributed by atoms with Crippen molar-refractivity contribution in [3.8, 4) is 0 Å². The average molecular weight is 113 g/mol. The molecule has 0 amide bonds. The van der Waals surface area contributed by atoms with E-state index in [1.807, 2.05) is 0 Å². The molecule has 0 spiro atoms. The van der Waals surface area contributed by atoms with Crippen LogP contribution in [0.3, 0.4) is 0 Å². The Labute approximate surface area is 47.3 Å². The van der Waals surface area contributed by atoms with Gasteiger partial charge >= 0.3 is 0 Å². The summed E-state index contributed by atoms with van der Waals surface area (Å²) in [6.45, 7) is 1.66. The fraction of sp³-hybridized carbons (Fsp3) is 0.200. The number of aldehydes is 1. The van der Waals surface area contributed by atoms with Gasteiger partial charge in [0.1, 0.15) is 6.29 Å². The van der Waals surface area contributed by atoms with Gasteiger partial charge in [-0.1, -0.05) is 5.16 Å². The minimum absolute atomic E-state index is 0.627. The molecular weight excluding hydrogens is 106 g/mol. The van der Waals surface area contributed by atoms with Crippen molar-refractivity contribution in [3.05, 3.63) is 11.6 Å². The number of hydrogen-bond donors (Lipinski definition) is 1. The van der Waals surface area contributed by atoms with Gasteiger partial charge in [0.05, 0.1) is 6.21 Å². The summed E-state index contributed by atoms with van der Waals surface area (Å²) in [6.07, 6.45) is 3.13. The van der Waals surface area contributed by atoms with Crippen molar-refractivity contribution >= 4 is 12.5 Å². The van der Waals surface area contributed by atoms with E-state index in [-0.39, 0.29) is 0 Å². The van der Waals surface area contributed by atoms with Crippen LogP contribution < -0.4 is 0 Å². The molecule has 0 aliphatic rings. The zero-order valence-electron chi connectivity index (χ0n) is 4.53. The summed E-state index contributed by atoms with van der Waals surface area (Å²) in [5.41, 5.74) is 0.627. The van der Waals surface area contributed by atoms with E-state index in [0.29, 0.717) is 11.9 Å². The monoisotopic (exact) mass is 113 g/mol. The maximum atomic E-state index is 9.67. The lowest BCUT2D eigenvalue weighted by atomic mass is 10.3. The van der Waals surface area contributed by atoms with Crippen molar-refractivity contribution in [2.75, 3.05) is 0 Å². The molecule has 0 atom stereocenters. The molecule has 3 nitrogen and oxygen atoms in total. The van der Waals surface area contributed by atoms with E-state index < -0.39 is 0 Å². The van der Waals surface area contributed by atoms with Crippen LogP contribution in [0.2, 0.25) is 0 Å². The number of hydrogen-bond acceptors (Lipinski definition) is 3. The molecule has 8 heavy (non-hydrogen) atoms. The lowest BCUT2D eigenvalue weighted by Gasteiger charge is -1.78. The van der Waals surface area contributed by atoms with Crippen molar-refractivity contribution in [1.82, 2.24) is 0 Å². The van der Waals surface area contributed by atoms with Gasteiger partial charge in [-0.2, -0.15) is 0 Å². The van der Waals surface area contributed by atoms with Crippen LogP contribution in [0.4, 0.5) is 0 Å².